The molecule has 1 N–H and O–H groups in total. The molecule has 2 fully saturated rings. The first kappa shape index (κ1) is 14.3. The summed E-state index contributed by atoms with van der Waals surface area (Å²) in [6, 6.07) is 3.77. The highest BCUT2D eigenvalue weighted by Gasteiger charge is 2.50. The average Bonchev–Trinajstić information content (AvgIpc) is 2.85. The Morgan fingerprint density at radius 3 is 2.76 bits per heavy atom. The molecule has 3 rings (SSSR count). The molecule has 1 aromatic carbocycles. The number of benzene rings is 1. The molecule has 2 saturated heterocycles. The Morgan fingerprint density at radius 2 is 2.05 bits per heavy atom. The van der Waals surface area contributed by atoms with Gasteiger partial charge in [0.05, 0.1) is 0 Å². The zero-order valence-corrected chi connectivity index (χ0v) is 12.3. The van der Waals surface area contributed by atoms with Crippen molar-refractivity contribution in [2.75, 3.05) is 13.1 Å². The maximum absolute atomic E-state index is 13.5. The van der Waals surface area contributed by atoms with Crippen LogP contribution in [-0.4, -0.2) is 35.3 Å². The largest absolute Gasteiger partial charge is 0.354 e. The Balaban J connectivity index is 1.94. The number of hydrogen-bond donors (Lipinski definition) is 1. The second-order valence-corrected chi connectivity index (χ2v) is 6.05. The highest BCUT2D eigenvalue weighted by atomic mass is 35.5. The molecule has 0 bridgehead atoms. The molecule has 1 spiro atoms. The lowest BCUT2D eigenvalue weighted by molar-refractivity contribution is -0.133. The van der Waals surface area contributed by atoms with Gasteiger partial charge < -0.3 is 10.2 Å². The van der Waals surface area contributed by atoms with Gasteiger partial charge in [-0.2, -0.15) is 0 Å². The van der Waals surface area contributed by atoms with Crippen molar-refractivity contribution < 1.29 is 14.0 Å². The summed E-state index contributed by atoms with van der Waals surface area (Å²) in [5.74, 6) is -0.972. The average molecular weight is 311 g/mol. The summed E-state index contributed by atoms with van der Waals surface area (Å²) < 4.78 is 13.5. The topological polar surface area (TPSA) is 49.4 Å². The number of amides is 2. The molecule has 2 amide bonds. The Kier molecular flexibility index (Phi) is 3.61. The van der Waals surface area contributed by atoms with Gasteiger partial charge in [0.1, 0.15) is 11.4 Å². The van der Waals surface area contributed by atoms with E-state index in [1.165, 1.54) is 12.1 Å². The van der Waals surface area contributed by atoms with Gasteiger partial charge in [0, 0.05) is 23.7 Å². The summed E-state index contributed by atoms with van der Waals surface area (Å²) in [6.07, 6.45) is 2.95. The number of piperidine rings is 1. The van der Waals surface area contributed by atoms with Crippen LogP contribution in [0.25, 0.3) is 0 Å². The van der Waals surface area contributed by atoms with Crippen LogP contribution >= 0.6 is 11.6 Å². The summed E-state index contributed by atoms with van der Waals surface area (Å²) in [6.45, 7) is 1.16. The predicted molar refractivity (Wildman–Crippen MR) is 76.7 cm³/mol. The van der Waals surface area contributed by atoms with Crippen molar-refractivity contribution in [1.82, 2.24) is 10.2 Å². The maximum Gasteiger partial charge on any atom is 0.254 e. The van der Waals surface area contributed by atoms with Gasteiger partial charge >= 0.3 is 0 Å². The van der Waals surface area contributed by atoms with Crippen LogP contribution in [0.5, 0.6) is 0 Å². The first-order valence-electron chi connectivity index (χ1n) is 7.09. The SMILES string of the molecule is O=C(c1cc(F)cc(Cl)c1)N1CCCC12CCCNC2=O. The fourth-order valence-electron chi connectivity index (χ4n) is 3.36. The van der Waals surface area contributed by atoms with E-state index in [4.69, 9.17) is 11.6 Å². The Labute approximate surface area is 127 Å². The number of hydrogen-bond acceptors (Lipinski definition) is 2. The molecule has 6 heteroatoms. The lowest BCUT2D eigenvalue weighted by Crippen LogP contribution is -2.60. The van der Waals surface area contributed by atoms with Crippen molar-refractivity contribution >= 4 is 23.4 Å². The van der Waals surface area contributed by atoms with Gasteiger partial charge in [0.25, 0.3) is 5.91 Å². The monoisotopic (exact) mass is 310 g/mol. The Bertz CT molecular complexity index is 587. The third kappa shape index (κ3) is 2.39. The zero-order chi connectivity index (χ0) is 15.0. The standard InChI is InChI=1S/C15H16ClFN2O2/c16-11-7-10(8-12(17)9-11)13(20)19-6-2-4-15(19)3-1-5-18-14(15)21/h7-9H,1-6H2,(H,18,21). The van der Waals surface area contributed by atoms with E-state index in [1.54, 1.807) is 4.90 Å². The minimum Gasteiger partial charge on any atom is -0.354 e. The van der Waals surface area contributed by atoms with E-state index in [1.807, 2.05) is 0 Å². The highest BCUT2D eigenvalue weighted by Crippen LogP contribution is 2.37. The molecule has 0 radical (unpaired) electrons. The van der Waals surface area contributed by atoms with Crippen LogP contribution in [0.15, 0.2) is 18.2 Å². The summed E-state index contributed by atoms with van der Waals surface area (Å²) in [5.41, 5.74) is -0.576. The highest BCUT2D eigenvalue weighted by molar-refractivity contribution is 6.31. The van der Waals surface area contributed by atoms with Crippen LogP contribution < -0.4 is 5.32 Å². The molecule has 0 saturated carbocycles. The number of rotatable bonds is 1. The molecular weight excluding hydrogens is 295 g/mol. The van der Waals surface area contributed by atoms with Gasteiger partial charge in [-0.25, -0.2) is 4.39 Å². The smallest absolute Gasteiger partial charge is 0.254 e. The molecule has 21 heavy (non-hydrogen) atoms. The van der Waals surface area contributed by atoms with Gasteiger partial charge in [0.15, 0.2) is 0 Å². The Hall–Kier alpha value is -1.62. The van der Waals surface area contributed by atoms with E-state index >= 15 is 0 Å². The van der Waals surface area contributed by atoms with E-state index in [0.29, 0.717) is 25.9 Å². The van der Waals surface area contributed by atoms with Crippen LogP contribution in [0.1, 0.15) is 36.0 Å². The number of carbonyl (C=O) groups is 2. The molecule has 4 nitrogen and oxygen atoms in total. The van der Waals surface area contributed by atoms with Crippen LogP contribution in [0.2, 0.25) is 5.02 Å². The fraction of sp³-hybridized carbons (Fsp3) is 0.467. The zero-order valence-electron chi connectivity index (χ0n) is 11.5. The first-order valence-corrected chi connectivity index (χ1v) is 7.47. The van der Waals surface area contributed by atoms with E-state index in [0.717, 1.165) is 18.9 Å². The third-order valence-corrected chi connectivity index (χ3v) is 4.54. The molecule has 2 aliphatic heterocycles. The Morgan fingerprint density at radius 1 is 1.29 bits per heavy atom. The summed E-state index contributed by atoms with van der Waals surface area (Å²) >= 11 is 5.82. The minimum absolute atomic E-state index is 0.0953. The normalized spacial score (nSPS) is 25.2. The van der Waals surface area contributed by atoms with Crippen LogP contribution in [0.3, 0.4) is 0 Å². The summed E-state index contributed by atoms with van der Waals surface area (Å²) in [7, 11) is 0. The molecule has 2 aliphatic rings. The molecule has 0 aromatic heterocycles. The molecule has 1 unspecified atom stereocenters. The number of carbonyl (C=O) groups excluding carboxylic acids is 2. The van der Waals surface area contributed by atoms with Crippen molar-refractivity contribution in [3.8, 4) is 0 Å². The first-order chi connectivity index (χ1) is 10.0. The lowest BCUT2D eigenvalue weighted by Gasteiger charge is -2.40. The molecule has 0 aliphatic carbocycles. The summed E-state index contributed by atoms with van der Waals surface area (Å²) in [4.78, 5) is 26.6. The quantitative estimate of drug-likeness (QED) is 0.865. The minimum atomic E-state index is -0.770. The van der Waals surface area contributed by atoms with E-state index in [9.17, 15) is 14.0 Å². The van der Waals surface area contributed by atoms with Gasteiger partial charge in [-0.3, -0.25) is 9.59 Å². The van der Waals surface area contributed by atoms with Crippen LogP contribution in [0.4, 0.5) is 4.39 Å². The van der Waals surface area contributed by atoms with Gasteiger partial charge in [-0.1, -0.05) is 11.6 Å². The van der Waals surface area contributed by atoms with Gasteiger partial charge in [0.2, 0.25) is 5.91 Å². The van der Waals surface area contributed by atoms with Crippen LogP contribution in [0, 0.1) is 5.82 Å². The second kappa shape index (κ2) is 5.30. The molecule has 112 valence electrons. The number of nitrogens with one attached hydrogen (secondary N) is 1. The van der Waals surface area contributed by atoms with E-state index < -0.39 is 11.4 Å². The predicted octanol–water partition coefficient (Wildman–Crippen LogP) is 2.36. The fourth-order valence-corrected chi connectivity index (χ4v) is 3.59. The molecule has 1 atom stereocenters. The van der Waals surface area contributed by atoms with Crippen molar-refractivity contribution in [3.63, 3.8) is 0 Å². The molecule has 1 aromatic rings. The van der Waals surface area contributed by atoms with Crippen molar-refractivity contribution in [2.24, 2.45) is 0 Å². The third-order valence-electron chi connectivity index (χ3n) is 4.32. The number of likely N-dealkylation sites (tertiary alicyclic amines) is 1. The second-order valence-electron chi connectivity index (χ2n) is 5.61. The number of halogens is 2. The van der Waals surface area contributed by atoms with Crippen molar-refractivity contribution in [2.45, 2.75) is 31.2 Å². The van der Waals surface area contributed by atoms with Crippen molar-refractivity contribution in [1.29, 1.82) is 0 Å². The van der Waals surface area contributed by atoms with Gasteiger partial charge in [-0.05, 0) is 43.9 Å². The van der Waals surface area contributed by atoms with E-state index in [-0.39, 0.29) is 22.4 Å². The van der Waals surface area contributed by atoms with E-state index in [2.05, 4.69) is 5.32 Å². The summed E-state index contributed by atoms with van der Waals surface area (Å²) in [5, 5.41) is 3.02. The number of nitrogens with zero attached hydrogens (tertiary/aromatic N) is 1. The maximum atomic E-state index is 13.5. The molecule has 2 heterocycles. The van der Waals surface area contributed by atoms with Gasteiger partial charge in [-0.15, -0.1) is 0 Å². The van der Waals surface area contributed by atoms with Crippen molar-refractivity contribution in [3.05, 3.63) is 34.6 Å². The lowest BCUT2D eigenvalue weighted by atomic mass is 9.86. The molecular formula is C15H16ClFN2O2. The van der Waals surface area contributed by atoms with Crippen LogP contribution in [-0.2, 0) is 4.79 Å².